The van der Waals surface area contributed by atoms with Crippen LogP contribution in [0.25, 0.3) is 0 Å². The fraction of sp³-hybridized carbons (Fsp3) is 0.320. The van der Waals surface area contributed by atoms with Crippen molar-refractivity contribution < 1.29 is 10.0 Å². The van der Waals surface area contributed by atoms with Gasteiger partial charge in [0.2, 0.25) is 11.6 Å². The van der Waals surface area contributed by atoms with E-state index in [0.717, 1.165) is 11.1 Å². The molecule has 0 radical (unpaired) electrons. The molecular formula is C25H25Cl2N7O3. The van der Waals surface area contributed by atoms with Crippen LogP contribution < -0.4 is 10.2 Å². The van der Waals surface area contributed by atoms with E-state index in [1.54, 1.807) is 36.4 Å². The highest BCUT2D eigenvalue weighted by Crippen LogP contribution is 2.38. The Morgan fingerprint density at radius 2 is 1.89 bits per heavy atom. The number of halogens is 2. The minimum Gasteiger partial charge on any atom is -0.395 e. The number of aliphatic hydroxyl groups excluding tert-OH is 1. The predicted molar refractivity (Wildman–Crippen MR) is 143 cm³/mol. The van der Waals surface area contributed by atoms with Gasteiger partial charge in [0, 0.05) is 48.5 Å². The lowest BCUT2D eigenvalue weighted by Gasteiger charge is -2.34. The van der Waals surface area contributed by atoms with E-state index in [4.69, 9.17) is 28.3 Å². The summed E-state index contributed by atoms with van der Waals surface area (Å²) in [6, 6.07) is 12.7. The van der Waals surface area contributed by atoms with Crippen molar-refractivity contribution in [2.75, 3.05) is 49.5 Å². The highest BCUT2D eigenvalue weighted by Gasteiger charge is 2.30. The molecule has 12 heteroatoms. The minimum absolute atomic E-state index is 0.0502. The molecule has 0 spiro atoms. The van der Waals surface area contributed by atoms with E-state index in [1.807, 2.05) is 11.8 Å². The Morgan fingerprint density at radius 1 is 1.19 bits per heavy atom. The maximum Gasteiger partial charge on any atom is 0.353 e. The average molecular weight is 542 g/mol. The van der Waals surface area contributed by atoms with Gasteiger partial charge in [-0.25, -0.2) is 9.97 Å². The fourth-order valence-corrected chi connectivity index (χ4v) is 4.75. The number of β-amino-alcohol motifs (C(OH)–C–C–N with tert-alkyl or cyclic N) is 1. The molecule has 1 aromatic heterocycles. The highest BCUT2D eigenvalue weighted by atomic mass is 35.5. The van der Waals surface area contributed by atoms with Crippen LogP contribution in [-0.2, 0) is 0 Å². The SMILES string of the molecule is Cc1cc(C(C#N)c2ccc(Cl)cc2)c(Cl)cc1Nc1ncnc(N2CCN(CCO)CC2)c1[N+](=O)[O-]. The van der Waals surface area contributed by atoms with Crippen molar-refractivity contribution in [3.8, 4) is 6.07 Å². The molecule has 3 aromatic rings. The van der Waals surface area contributed by atoms with Crippen molar-refractivity contribution in [3.05, 3.63) is 79.6 Å². The van der Waals surface area contributed by atoms with Gasteiger partial charge in [-0.1, -0.05) is 41.4 Å². The lowest BCUT2D eigenvalue weighted by Crippen LogP contribution is -2.47. The third-order valence-corrected chi connectivity index (χ3v) is 6.89. The number of nitriles is 1. The molecule has 37 heavy (non-hydrogen) atoms. The minimum atomic E-state index is -0.609. The Bertz CT molecular complexity index is 1320. The second-order valence-electron chi connectivity index (χ2n) is 8.63. The van der Waals surface area contributed by atoms with Crippen molar-refractivity contribution in [2.45, 2.75) is 12.8 Å². The molecule has 1 aliphatic rings. The normalized spacial score (nSPS) is 14.7. The van der Waals surface area contributed by atoms with E-state index in [-0.39, 0.29) is 23.9 Å². The zero-order chi connectivity index (χ0) is 26.5. The third kappa shape index (κ3) is 5.92. The molecule has 2 aromatic carbocycles. The number of anilines is 3. The first kappa shape index (κ1) is 26.6. The molecule has 192 valence electrons. The maximum absolute atomic E-state index is 12.1. The van der Waals surface area contributed by atoms with Gasteiger partial charge >= 0.3 is 5.69 Å². The van der Waals surface area contributed by atoms with Gasteiger partial charge in [0.05, 0.1) is 23.5 Å². The molecule has 2 heterocycles. The van der Waals surface area contributed by atoms with Gasteiger partial charge in [0.15, 0.2) is 0 Å². The second kappa shape index (κ2) is 11.7. The van der Waals surface area contributed by atoms with Gasteiger partial charge in [-0.2, -0.15) is 5.26 Å². The third-order valence-electron chi connectivity index (χ3n) is 6.31. The molecule has 1 atom stereocenters. The largest absolute Gasteiger partial charge is 0.395 e. The summed E-state index contributed by atoms with van der Waals surface area (Å²) in [5, 5.41) is 35.1. The molecule has 0 saturated carbocycles. The molecule has 4 rings (SSSR count). The Balaban J connectivity index is 1.63. The zero-order valence-electron chi connectivity index (χ0n) is 20.1. The molecule has 1 fully saturated rings. The first-order valence-electron chi connectivity index (χ1n) is 11.6. The van der Waals surface area contributed by atoms with Gasteiger partial charge in [-0.3, -0.25) is 15.0 Å². The van der Waals surface area contributed by atoms with Crippen LogP contribution in [0, 0.1) is 28.4 Å². The average Bonchev–Trinajstić information content (AvgIpc) is 2.88. The van der Waals surface area contributed by atoms with Crippen LogP contribution in [-0.4, -0.2) is 64.2 Å². The topological polar surface area (TPSA) is 131 Å². The Labute approximate surface area is 224 Å². The molecule has 1 unspecified atom stereocenters. The number of aliphatic hydroxyl groups is 1. The van der Waals surface area contributed by atoms with Gasteiger partial charge in [0.1, 0.15) is 6.33 Å². The summed E-state index contributed by atoms with van der Waals surface area (Å²) in [5.41, 5.74) is 2.41. The number of benzene rings is 2. The standard InChI is InChI=1S/C25H25Cl2N7O3/c1-16-12-19(20(14-28)17-2-4-18(26)5-3-17)21(27)13-22(16)31-24-23(34(36)37)25(30-15-29-24)33-8-6-32(7-9-33)10-11-35/h2-5,12-13,15,20,35H,6-11H2,1H3,(H,29,30,31). The number of hydrogen-bond donors (Lipinski definition) is 2. The molecule has 0 aliphatic carbocycles. The smallest absolute Gasteiger partial charge is 0.353 e. The van der Waals surface area contributed by atoms with Crippen LogP contribution >= 0.6 is 23.2 Å². The van der Waals surface area contributed by atoms with Gasteiger partial charge in [0.25, 0.3) is 0 Å². The number of piperazine rings is 1. The highest BCUT2D eigenvalue weighted by molar-refractivity contribution is 6.32. The van der Waals surface area contributed by atoms with E-state index in [1.165, 1.54) is 6.33 Å². The fourth-order valence-electron chi connectivity index (χ4n) is 4.35. The van der Waals surface area contributed by atoms with Crippen LogP contribution in [0.2, 0.25) is 10.0 Å². The van der Waals surface area contributed by atoms with E-state index in [2.05, 4.69) is 26.3 Å². The van der Waals surface area contributed by atoms with Crippen molar-refractivity contribution in [1.82, 2.24) is 14.9 Å². The van der Waals surface area contributed by atoms with Crippen LogP contribution in [0.3, 0.4) is 0 Å². The first-order valence-corrected chi connectivity index (χ1v) is 12.4. The monoisotopic (exact) mass is 541 g/mol. The molecular weight excluding hydrogens is 517 g/mol. The molecule has 1 aliphatic heterocycles. The van der Waals surface area contributed by atoms with Gasteiger partial charge in [-0.15, -0.1) is 0 Å². The molecule has 10 nitrogen and oxygen atoms in total. The van der Waals surface area contributed by atoms with Crippen LogP contribution in [0.15, 0.2) is 42.7 Å². The van der Waals surface area contributed by atoms with Crippen molar-refractivity contribution >= 4 is 46.2 Å². The number of aromatic nitrogens is 2. The lowest BCUT2D eigenvalue weighted by molar-refractivity contribution is -0.383. The molecule has 0 bridgehead atoms. The second-order valence-corrected chi connectivity index (χ2v) is 9.47. The summed E-state index contributed by atoms with van der Waals surface area (Å²) in [7, 11) is 0. The Morgan fingerprint density at radius 3 is 2.51 bits per heavy atom. The van der Waals surface area contributed by atoms with Gasteiger partial charge in [-0.05, 0) is 41.8 Å². The molecule has 2 N–H and O–H groups in total. The number of nitrogens with zero attached hydrogens (tertiary/aromatic N) is 6. The van der Waals surface area contributed by atoms with Gasteiger partial charge < -0.3 is 15.3 Å². The summed E-state index contributed by atoms with van der Waals surface area (Å²) in [4.78, 5) is 23.9. The van der Waals surface area contributed by atoms with Crippen molar-refractivity contribution in [2.24, 2.45) is 0 Å². The zero-order valence-corrected chi connectivity index (χ0v) is 21.6. The molecule has 1 saturated heterocycles. The molecule has 0 amide bonds. The summed E-state index contributed by atoms with van der Waals surface area (Å²) in [5.74, 6) is -0.324. The number of rotatable bonds is 8. The maximum atomic E-state index is 12.1. The van der Waals surface area contributed by atoms with Crippen LogP contribution in [0.5, 0.6) is 0 Å². The van der Waals surface area contributed by atoms with E-state index < -0.39 is 10.8 Å². The summed E-state index contributed by atoms with van der Waals surface area (Å²) < 4.78 is 0. The number of nitrogens with one attached hydrogen (secondary N) is 1. The Kier molecular flexibility index (Phi) is 8.41. The van der Waals surface area contributed by atoms with Crippen LogP contribution in [0.4, 0.5) is 23.0 Å². The number of hydrogen-bond acceptors (Lipinski definition) is 9. The van der Waals surface area contributed by atoms with Crippen molar-refractivity contribution in [1.29, 1.82) is 5.26 Å². The first-order chi connectivity index (χ1) is 17.8. The summed E-state index contributed by atoms with van der Waals surface area (Å²) >= 11 is 12.6. The number of nitro groups is 1. The quantitative estimate of drug-likeness (QED) is 0.312. The van der Waals surface area contributed by atoms with E-state index in [0.29, 0.717) is 54.0 Å². The van der Waals surface area contributed by atoms with Crippen LogP contribution in [0.1, 0.15) is 22.6 Å². The predicted octanol–water partition coefficient (Wildman–Crippen LogP) is 4.51. The Hall–Kier alpha value is -3.49. The summed E-state index contributed by atoms with van der Waals surface area (Å²) in [6.07, 6.45) is 1.29. The van der Waals surface area contributed by atoms with E-state index in [9.17, 15) is 15.4 Å². The summed E-state index contributed by atoms with van der Waals surface area (Å²) in [6.45, 7) is 4.86. The lowest BCUT2D eigenvalue weighted by atomic mass is 9.91. The van der Waals surface area contributed by atoms with E-state index >= 15 is 0 Å². The van der Waals surface area contributed by atoms with Crippen molar-refractivity contribution in [3.63, 3.8) is 0 Å². The number of aryl methyl sites for hydroxylation is 1.